The molecule has 6 heteroatoms. The number of nitrogens with zero attached hydrogens (tertiary/aromatic N) is 1. The van der Waals surface area contributed by atoms with E-state index in [0.29, 0.717) is 11.5 Å². The third-order valence-electron chi connectivity index (χ3n) is 4.15. The molecule has 4 nitrogen and oxygen atoms in total. The first-order valence-corrected chi connectivity index (χ1v) is 9.88. The van der Waals surface area contributed by atoms with Gasteiger partial charge in [-0.15, -0.1) is 0 Å². The number of aliphatic imine (C=N–C) groups is 1. The van der Waals surface area contributed by atoms with Crippen molar-refractivity contribution in [3.8, 4) is 5.75 Å². The largest absolute Gasteiger partial charge is 0.488 e. The highest BCUT2D eigenvalue weighted by Gasteiger charge is 2.19. The van der Waals surface area contributed by atoms with Crippen LogP contribution in [-0.2, 0) is 11.4 Å². The van der Waals surface area contributed by atoms with E-state index >= 15 is 0 Å². The summed E-state index contributed by atoms with van der Waals surface area (Å²) in [6, 6.07) is 20.2. The van der Waals surface area contributed by atoms with Gasteiger partial charge in [0.1, 0.15) is 12.4 Å². The fourth-order valence-electron chi connectivity index (χ4n) is 2.87. The van der Waals surface area contributed by atoms with E-state index in [4.69, 9.17) is 10.5 Å². The lowest BCUT2D eigenvalue weighted by atomic mass is 10.1. The molecule has 0 aliphatic carbocycles. The maximum Gasteiger partial charge on any atom is 0.286 e. The number of carbonyl (C=O) groups is 1. The van der Waals surface area contributed by atoms with Crippen molar-refractivity contribution in [3.63, 3.8) is 0 Å². The monoisotopic (exact) mass is 438 g/mol. The number of benzene rings is 3. The van der Waals surface area contributed by atoms with Crippen LogP contribution in [0.3, 0.4) is 0 Å². The van der Waals surface area contributed by atoms with Crippen molar-refractivity contribution >= 4 is 55.6 Å². The molecule has 0 radical (unpaired) electrons. The molecule has 1 amide bonds. The minimum Gasteiger partial charge on any atom is -0.488 e. The molecule has 4 rings (SSSR count). The number of hydrogen-bond acceptors (Lipinski definition) is 4. The van der Waals surface area contributed by atoms with E-state index in [1.54, 1.807) is 6.08 Å². The zero-order chi connectivity index (χ0) is 18.8. The first-order valence-electron chi connectivity index (χ1n) is 8.27. The van der Waals surface area contributed by atoms with Crippen LogP contribution >= 0.6 is 27.7 Å². The van der Waals surface area contributed by atoms with Gasteiger partial charge in [-0.05, 0) is 67.8 Å². The van der Waals surface area contributed by atoms with E-state index in [-0.39, 0.29) is 11.1 Å². The molecule has 1 aliphatic rings. The van der Waals surface area contributed by atoms with Gasteiger partial charge in [0.15, 0.2) is 5.17 Å². The normalized spacial score (nSPS) is 15.4. The Labute approximate surface area is 169 Å². The molecular weight excluding hydrogens is 424 g/mol. The van der Waals surface area contributed by atoms with Crippen molar-refractivity contribution in [3.05, 3.63) is 81.2 Å². The molecule has 0 spiro atoms. The van der Waals surface area contributed by atoms with Gasteiger partial charge in [0.25, 0.3) is 5.91 Å². The number of ether oxygens (including phenoxy) is 1. The van der Waals surface area contributed by atoms with E-state index in [9.17, 15) is 4.79 Å². The fraction of sp³-hybridized carbons (Fsp3) is 0.0476. The first kappa shape index (κ1) is 17.8. The van der Waals surface area contributed by atoms with Gasteiger partial charge in [0, 0.05) is 0 Å². The Balaban J connectivity index is 1.52. The minimum absolute atomic E-state index is 0.278. The third kappa shape index (κ3) is 3.91. The predicted octanol–water partition coefficient (Wildman–Crippen LogP) is 5.11. The summed E-state index contributed by atoms with van der Waals surface area (Å²) in [7, 11) is 0. The Morgan fingerprint density at radius 1 is 1.11 bits per heavy atom. The van der Waals surface area contributed by atoms with Gasteiger partial charge < -0.3 is 10.5 Å². The van der Waals surface area contributed by atoms with E-state index in [0.717, 1.165) is 21.3 Å². The zero-order valence-electron chi connectivity index (χ0n) is 14.2. The zero-order valence-corrected chi connectivity index (χ0v) is 16.6. The van der Waals surface area contributed by atoms with Crippen LogP contribution in [0.5, 0.6) is 5.75 Å². The number of amides is 1. The Morgan fingerprint density at radius 2 is 1.93 bits per heavy atom. The van der Waals surface area contributed by atoms with Gasteiger partial charge in [0.2, 0.25) is 0 Å². The van der Waals surface area contributed by atoms with Crippen LogP contribution < -0.4 is 10.5 Å². The van der Waals surface area contributed by atoms with E-state index in [1.165, 1.54) is 22.5 Å². The second-order valence-corrected chi connectivity index (χ2v) is 7.90. The molecule has 27 heavy (non-hydrogen) atoms. The summed E-state index contributed by atoms with van der Waals surface area (Å²) in [5.74, 6) is 0.441. The first-order chi connectivity index (χ1) is 13.1. The van der Waals surface area contributed by atoms with E-state index in [1.807, 2.05) is 36.4 Å². The Bertz CT molecular complexity index is 1100. The molecule has 134 valence electrons. The molecule has 0 aromatic heterocycles. The van der Waals surface area contributed by atoms with Crippen LogP contribution in [0.2, 0.25) is 0 Å². The molecule has 0 saturated carbocycles. The van der Waals surface area contributed by atoms with Crippen LogP contribution in [0, 0.1) is 0 Å². The lowest BCUT2D eigenvalue weighted by molar-refractivity contribution is -0.113. The molecule has 0 fully saturated rings. The maximum absolute atomic E-state index is 11.7. The molecule has 1 heterocycles. The van der Waals surface area contributed by atoms with Crippen molar-refractivity contribution in [2.24, 2.45) is 10.7 Å². The summed E-state index contributed by atoms with van der Waals surface area (Å²) >= 11 is 4.73. The smallest absolute Gasteiger partial charge is 0.286 e. The van der Waals surface area contributed by atoms with Crippen molar-refractivity contribution in [1.29, 1.82) is 0 Å². The molecule has 0 bridgehead atoms. The molecule has 0 unspecified atom stereocenters. The number of hydrogen-bond donors (Lipinski definition) is 1. The van der Waals surface area contributed by atoms with Crippen molar-refractivity contribution in [1.82, 2.24) is 0 Å². The lowest BCUT2D eigenvalue weighted by Gasteiger charge is -2.11. The van der Waals surface area contributed by atoms with Gasteiger partial charge in [-0.2, -0.15) is 4.99 Å². The number of rotatable bonds is 4. The molecule has 1 aliphatic heterocycles. The topological polar surface area (TPSA) is 64.7 Å². The molecule has 0 atom stereocenters. The summed E-state index contributed by atoms with van der Waals surface area (Å²) in [5.41, 5.74) is 7.59. The van der Waals surface area contributed by atoms with Crippen molar-refractivity contribution in [2.45, 2.75) is 6.61 Å². The summed E-state index contributed by atoms with van der Waals surface area (Å²) < 4.78 is 6.83. The summed E-state index contributed by atoms with van der Waals surface area (Å²) in [4.78, 5) is 15.9. The minimum atomic E-state index is -0.301. The van der Waals surface area contributed by atoms with E-state index < -0.39 is 0 Å². The fourth-order valence-corrected chi connectivity index (χ4v) is 4.07. The van der Waals surface area contributed by atoms with Gasteiger partial charge in [-0.3, -0.25) is 4.79 Å². The summed E-state index contributed by atoms with van der Waals surface area (Å²) in [5, 5.41) is 2.66. The van der Waals surface area contributed by atoms with Gasteiger partial charge in [0.05, 0.1) is 9.38 Å². The molecule has 2 N–H and O–H groups in total. The summed E-state index contributed by atoms with van der Waals surface area (Å²) in [6.07, 6.45) is 1.77. The molecule has 3 aromatic carbocycles. The van der Waals surface area contributed by atoms with Gasteiger partial charge >= 0.3 is 0 Å². The van der Waals surface area contributed by atoms with Crippen LogP contribution in [0.4, 0.5) is 0 Å². The van der Waals surface area contributed by atoms with Crippen LogP contribution in [0.25, 0.3) is 16.8 Å². The number of halogens is 1. The van der Waals surface area contributed by atoms with Gasteiger partial charge in [-0.25, -0.2) is 0 Å². The van der Waals surface area contributed by atoms with E-state index in [2.05, 4.69) is 45.2 Å². The second-order valence-electron chi connectivity index (χ2n) is 5.98. The summed E-state index contributed by atoms with van der Waals surface area (Å²) in [6.45, 7) is 0.471. The lowest BCUT2D eigenvalue weighted by Crippen LogP contribution is -2.01. The molecular formula is C21H15BrN2O2S. The number of carbonyl (C=O) groups excluding carboxylic acids is 1. The molecule has 0 saturated heterocycles. The second kappa shape index (κ2) is 7.58. The number of amidine groups is 1. The van der Waals surface area contributed by atoms with Crippen LogP contribution in [0.1, 0.15) is 11.1 Å². The van der Waals surface area contributed by atoms with Gasteiger partial charge in [-0.1, -0.05) is 48.5 Å². The molecule has 3 aromatic rings. The maximum atomic E-state index is 11.7. The Kier molecular flexibility index (Phi) is 5.01. The Morgan fingerprint density at radius 3 is 2.70 bits per heavy atom. The average molecular weight is 439 g/mol. The predicted molar refractivity (Wildman–Crippen MR) is 115 cm³/mol. The highest BCUT2D eigenvalue weighted by Crippen LogP contribution is 2.31. The van der Waals surface area contributed by atoms with Crippen LogP contribution in [-0.4, -0.2) is 11.1 Å². The third-order valence-corrected chi connectivity index (χ3v) is 5.59. The SMILES string of the molecule is NC1=NC(=O)/C(=C/c2ccc(OCc3cccc4ccccc34)c(Br)c2)S1. The van der Waals surface area contributed by atoms with Crippen LogP contribution in [0.15, 0.2) is 75.0 Å². The quantitative estimate of drug-likeness (QED) is 0.574. The van der Waals surface area contributed by atoms with Crippen molar-refractivity contribution in [2.75, 3.05) is 0 Å². The number of nitrogens with two attached hydrogens (primary N) is 1. The number of thioether (sulfide) groups is 1. The average Bonchev–Trinajstić information content (AvgIpc) is 2.98. The highest BCUT2D eigenvalue weighted by atomic mass is 79.9. The Hall–Kier alpha value is -2.57. The van der Waals surface area contributed by atoms with Crippen molar-refractivity contribution < 1.29 is 9.53 Å². The standard InChI is InChI=1S/C21H15BrN2O2S/c22-17-10-13(11-19-20(25)24-21(23)27-19)8-9-18(17)26-12-15-6-3-5-14-4-1-2-7-16(14)15/h1-11H,12H2,(H2,23,24,25)/b19-11-. The highest BCUT2D eigenvalue weighted by molar-refractivity contribution is 9.10. The number of fused-ring (bicyclic) bond motifs is 1.